The van der Waals surface area contributed by atoms with Crippen LogP contribution in [0.25, 0.3) is 0 Å². The van der Waals surface area contributed by atoms with Crippen LogP contribution in [0, 0.1) is 6.92 Å². The molecule has 110 valence electrons. The Bertz CT molecular complexity index is 663. The number of carbonyl (C=O) groups is 1. The zero-order chi connectivity index (χ0) is 14.8. The molecule has 0 bridgehead atoms. The lowest BCUT2D eigenvalue weighted by molar-refractivity contribution is -0.114. The lowest BCUT2D eigenvalue weighted by Gasteiger charge is -2.25. The molecule has 0 fully saturated rings. The van der Waals surface area contributed by atoms with Gasteiger partial charge in [0.05, 0.1) is 6.04 Å². The molecule has 1 aromatic heterocycles. The zero-order valence-corrected chi connectivity index (χ0v) is 13.2. The van der Waals surface area contributed by atoms with E-state index < -0.39 is 0 Å². The van der Waals surface area contributed by atoms with E-state index in [0.717, 1.165) is 16.9 Å². The molecule has 3 rings (SSSR count). The van der Waals surface area contributed by atoms with Crippen LogP contribution in [-0.4, -0.2) is 5.91 Å². The second-order valence-corrected chi connectivity index (χ2v) is 6.60. The molecule has 4 heteroatoms. The van der Waals surface area contributed by atoms with Crippen LogP contribution in [0.2, 0.25) is 0 Å². The first-order valence-corrected chi connectivity index (χ1v) is 8.22. The first-order chi connectivity index (χ1) is 10.1. The first kappa shape index (κ1) is 14.1. The van der Waals surface area contributed by atoms with Crippen molar-refractivity contribution in [2.75, 3.05) is 10.6 Å². The molecule has 0 spiro atoms. The SMILES string of the molecule is CC(=O)Nc1ccc(NC2CCCc3sccc32)cc1C. The van der Waals surface area contributed by atoms with Gasteiger partial charge in [0.25, 0.3) is 0 Å². The highest BCUT2D eigenvalue weighted by Gasteiger charge is 2.21. The molecule has 0 radical (unpaired) electrons. The number of amides is 1. The van der Waals surface area contributed by atoms with Crippen molar-refractivity contribution in [1.82, 2.24) is 0 Å². The fourth-order valence-corrected chi connectivity index (χ4v) is 3.91. The summed E-state index contributed by atoms with van der Waals surface area (Å²) in [5.74, 6) is -0.0333. The van der Waals surface area contributed by atoms with Crippen molar-refractivity contribution in [3.8, 4) is 0 Å². The number of hydrogen-bond acceptors (Lipinski definition) is 3. The number of rotatable bonds is 3. The van der Waals surface area contributed by atoms with Crippen molar-refractivity contribution >= 4 is 28.6 Å². The molecule has 3 nitrogen and oxygen atoms in total. The first-order valence-electron chi connectivity index (χ1n) is 7.34. The van der Waals surface area contributed by atoms with Gasteiger partial charge < -0.3 is 10.6 Å². The van der Waals surface area contributed by atoms with E-state index in [1.165, 1.54) is 36.6 Å². The van der Waals surface area contributed by atoms with Crippen LogP contribution in [0.1, 0.15) is 41.8 Å². The van der Waals surface area contributed by atoms with Crippen LogP contribution in [-0.2, 0) is 11.2 Å². The highest BCUT2D eigenvalue weighted by molar-refractivity contribution is 7.10. The third-order valence-electron chi connectivity index (χ3n) is 3.93. The van der Waals surface area contributed by atoms with E-state index in [-0.39, 0.29) is 5.91 Å². The van der Waals surface area contributed by atoms with Crippen molar-refractivity contribution in [2.24, 2.45) is 0 Å². The van der Waals surface area contributed by atoms with Gasteiger partial charge in [-0.3, -0.25) is 4.79 Å². The predicted molar refractivity (Wildman–Crippen MR) is 89.1 cm³/mol. The van der Waals surface area contributed by atoms with Crippen molar-refractivity contribution in [3.63, 3.8) is 0 Å². The fraction of sp³-hybridized carbons (Fsp3) is 0.353. The van der Waals surface area contributed by atoms with Gasteiger partial charge in [-0.1, -0.05) is 0 Å². The Hall–Kier alpha value is -1.81. The van der Waals surface area contributed by atoms with Crippen LogP contribution in [0.5, 0.6) is 0 Å². The molecular formula is C17H20N2OS. The predicted octanol–water partition coefficient (Wildman–Crippen LogP) is 4.50. The standard InChI is InChI=1S/C17H20N2OS/c1-11-10-13(6-7-15(11)18-12(2)20)19-16-4-3-5-17-14(16)8-9-21-17/h6-10,16,19H,3-5H2,1-2H3,(H,18,20). The summed E-state index contributed by atoms with van der Waals surface area (Å²) in [4.78, 5) is 12.7. The highest BCUT2D eigenvalue weighted by Crippen LogP contribution is 2.35. The van der Waals surface area contributed by atoms with E-state index in [1.807, 2.05) is 30.4 Å². The molecule has 1 aliphatic rings. The topological polar surface area (TPSA) is 41.1 Å². The number of aryl methyl sites for hydroxylation is 2. The number of fused-ring (bicyclic) bond motifs is 1. The molecule has 0 saturated heterocycles. The normalized spacial score (nSPS) is 17.1. The maximum Gasteiger partial charge on any atom is 0.221 e. The van der Waals surface area contributed by atoms with Gasteiger partial charge in [-0.15, -0.1) is 11.3 Å². The van der Waals surface area contributed by atoms with Crippen LogP contribution < -0.4 is 10.6 Å². The third kappa shape index (κ3) is 3.10. The number of nitrogens with one attached hydrogen (secondary N) is 2. The summed E-state index contributed by atoms with van der Waals surface area (Å²) in [6.45, 7) is 3.55. The van der Waals surface area contributed by atoms with Crippen molar-refractivity contribution < 1.29 is 4.79 Å². The van der Waals surface area contributed by atoms with Gasteiger partial charge in [0.2, 0.25) is 5.91 Å². The van der Waals surface area contributed by atoms with E-state index in [4.69, 9.17) is 0 Å². The maximum atomic E-state index is 11.1. The van der Waals surface area contributed by atoms with E-state index in [0.29, 0.717) is 6.04 Å². The monoisotopic (exact) mass is 300 g/mol. The van der Waals surface area contributed by atoms with Gasteiger partial charge in [-0.25, -0.2) is 0 Å². The molecular weight excluding hydrogens is 280 g/mol. The van der Waals surface area contributed by atoms with E-state index >= 15 is 0 Å². The second kappa shape index (κ2) is 5.90. The number of anilines is 2. The largest absolute Gasteiger partial charge is 0.378 e. The summed E-state index contributed by atoms with van der Waals surface area (Å²) in [6, 6.07) is 8.77. The van der Waals surface area contributed by atoms with Gasteiger partial charge in [-0.2, -0.15) is 0 Å². The number of hydrogen-bond donors (Lipinski definition) is 2. The Morgan fingerprint density at radius 3 is 2.95 bits per heavy atom. The molecule has 2 N–H and O–H groups in total. The molecule has 1 atom stereocenters. The average molecular weight is 300 g/mol. The Balaban J connectivity index is 1.77. The minimum absolute atomic E-state index is 0.0333. The van der Waals surface area contributed by atoms with Gasteiger partial charge in [-0.05, 0) is 67.0 Å². The number of carbonyl (C=O) groups excluding carboxylic acids is 1. The van der Waals surface area contributed by atoms with E-state index in [1.54, 1.807) is 0 Å². The summed E-state index contributed by atoms with van der Waals surface area (Å²) in [5, 5.41) is 8.68. The minimum atomic E-state index is -0.0333. The molecule has 21 heavy (non-hydrogen) atoms. The molecule has 1 aliphatic carbocycles. The van der Waals surface area contributed by atoms with Crippen molar-refractivity contribution in [2.45, 2.75) is 39.2 Å². The van der Waals surface area contributed by atoms with Gasteiger partial charge in [0.15, 0.2) is 0 Å². The third-order valence-corrected chi connectivity index (χ3v) is 4.93. The lowest BCUT2D eigenvalue weighted by Crippen LogP contribution is -2.15. The van der Waals surface area contributed by atoms with Crippen molar-refractivity contribution in [3.05, 3.63) is 45.6 Å². The lowest BCUT2D eigenvalue weighted by atomic mass is 9.94. The second-order valence-electron chi connectivity index (χ2n) is 5.60. The van der Waals surface area contributed by atoms with E-state index in [2.05, 4.69) is 28.1 Å². The molecule has 0 aliphatic heterocycles. The van der Waals surface area contributed by atoms with Gasteiger partial charge in [0.1, 0.15) is 0 Å². The summed E-state index contributed by atoms with van der Waals surface area (Å²) in [6.07, 6.45) is 3.63. The molecule has 1 heterocycles. The van der Waals surface area contributed by atoms with Crippen LogP contribution in [0.3, 0.4) is 0 Å². The zero-order valence-electron chi connectivity index (χ0n) is 12.4. The summed E-state index contributed by atoms with van der Waals surface area (Å²) in [5.41, 5.74) is 4.53. The Morgan fingerprint density at radius 1 is 1.33 bits per heavy atom. The molecule has 1 amide bonds. The quantitative estimate of drug-likeness (QED) is 0.876. The smallest absolute Gasteiger partial charge is 0.221 e. The highest BCUT2D eigenvalue weighted by atomic mass is 32.1. The molecule has 2 aromatic rings. The van der Waals surface area contributed by atoms with Crippen LogP contribution in [0.4, 0.5) is 11.4 Å². The van der Waals surface area contributed by atoms with Gasteiger partial charge >= 0.3 is 0 Å². The van der Waals surface area contributed by atoms with Crippen molar-refractivity contribution in [1.29, 1.82) is 0 Å². The summed E-state index contributed by atoms with van der Waals surface area (Å²) < 4.78 is 0. The number of benzene rings is 1. The number of thiophene rings is 1. The Kier molecular flexibility index (Phi) is 3.97. The van der Waals surface area contributed by atoms with Crippen LogP contribution >= 0.6 is 11.3 Å². The van der Waals surface area contributed by atoms with Gasteiger partial charge in [0, 0.05) is 23.2 Å². The molecule has 1 unspecified atom stereocenters. The minimum Gasteiger partial charge on any atom is -0.378 e. The van der Waals surface area contributed by atoms with E-state index in [9.17, 15) is 4.79 Å². The summed E-state index contributed by atoms with van der Waals surface area (Å²) in [7, 11) is 0. The summed E-state index contributed by atoms with van der Waals surface area (Å²) >= 11 is 1.86. The molecule has 0 saturated carbocycles. The maximum absolute atomic E-state index is 11.1. The average Bonchev–Trinajstić information content (AvgIpc) is 2.91. The Morgan fingerprint density at radius 2 is 2.19 bits per heavy atom. The Labute approximate surface area is 129 Å². The van der Waals surface area contributed by atoms with Crippen LogP contribution in [0.15, 0.2) is 29.6 Å². The molecule has 1 aromatic carbocycles. The fourth-order valence-electron chi connectivity index (χ4n) is 2.92.